The first-order valence-corrected chi connectivity index (χ1v) is 7.69. The molecular weight excluding hydrogens is 369 g/mol. The molecule has 2 aromatic heterocycles. The van der Waals surface area contributed by atoms with Crippen LogP contribution in [-0.2, 0) is 0 Å². The third kappa shape index (κ3) is 2.34. The number of ketones is 1. The SMILES string of the molecule is O=C(c1cc(Cl)sc1Cl)c1c[nH]c2ccc(Br)cc12. The summed E-state index contributed by atoms with van der Waals surface area (Å²) in [6, 6.07) is 7.34. The van der Waals surface area contributed by atoms with Gasteiger partial charge in [-0.1, -0.05) is 39.1 Å². The van der Waals surface area contributed by atoms with Gasteiger partial charge in [0.05, 0.1) is 9.90 Å². The van der Waals surface area contributed by atoms with Crippen molar-refractivity contribution in [1.82, 2.24) is 4.98 Å². The van der Waals surface area contributed by atoms with E-state index in [2.05, 4.69) is 20.9 Å². The quantitative estimate of drug-likeness (QED) is 0.587. The highest BCUT2D eigenvalue weighted by atomic mass is 79.9. The van der Waals surface area contributed by atoms with Crippen molar-refractivity contribution in [3.05, 3.63) is 54.7 Å². The lowest BCUT2D eigenvalue weighted by Gasteiger charge is -1.98. The molecular formula is C13H6BrCl2NOS. The molecule has 19 heavy (non-hydrogen) atoms. The minimum Gasteiger partial charge on any atom is -0.360 e. The molecule has 3 rings (SSSR count). The van der Waals surface area contributed by atoms with E-state index in [1.165, 1.54) is 11.3 Å². The minimum absolute atomic E-state index is 0.127. The van der Waals surface area contributed by atoms with Gasteiger partial charge in [0.15, 0.2) is 5.78 Å². The van der Waals surface area contributed by atoms with Crippen LogP contribution in [0.4, 0.5) is 0 Å². The smallest absolute Gasteiger partial charge is 0.197 e. The summed E-state index contributed by atoms with van der Waals surface area (Å²) in [5, 5.41) is 0.859. The van der Waals surface area contributed by atoms with Gasteiger partial charge in [0.2, 0.25) is 0 Å². The summed E-state index contributed by atoms with van der Waals surface area (Å²) in [6.45, 7) is 0. The van der Waals surface area contributed by atoms with Crippen LogP contribution in [0.5, 0.6) is 0 Å². The lowest BCUT2D eigenvalue weighted by atomic mass is 10.1. The van der Waals surface area contributed by atoms with Gasteiger partial charge >= 0.3 is 0 Å². The zero-order valence-corrected chi connectivity index (χ0v) is 13.3. The number of aromatic nitrogens is 1. The summed E-state index contributed by atoms with van der Waals surface area (Å²) in [7, 11) is 0. The number of aromatic amines is 1. The standard InChI is InChI=1S/C13H6BrCl2NOS/c14-6-1-2-10-7(3-6)9(5-17-10)12(18)8-4-11(15)19-13(8)16/h1-5,17H. The molecule has 1 aromatic carbocycles. The van der Waals surface area contributed by atoms with E-state index in [0.717, 1.165) is 15.4 Å². The van der Waals surface area contributed by atoms with E-state index >= 15 is 0 Å². The topological polar surface area (TPSA) is 32.9 Å². The zero-order valence-electron chi connectivity index (χ0n) is 9.34. The molecule has 0 fully saturated rings. The van der Waals surface area contributed by atoms with Gasteiger partial charge in [-0.05, 0) is 24.3 Å². The van der Waals surface area contributed by atoms with Crippen molar-refractivity contribution in [2.75, 3.05) is 0 Å². The Morgan fingerprint density at radius 3 is 2.68 bits per heavy atom. The second-order valence-corrected chi connectivity index (χ2v) is 7.16. The van der Waals surface area contributed by atoms with Crippen LogP contribution in [0.15, 0.2) is 34.9 Å². The second-order valence-electron chi connectivity index (χ2n) is 3.96. The number of H-pyrrole nitrogens is 1. The minimum atomic E-state index is -0.127. The maximum atomic E-state index is 12.5. The Kier molecular flexibility index (Phi) is 3.43. The molecule has 6 heteroatoms. The molecule has 1 N–H and O–H groups in total. The number of halogens is 3. The third-order valence-corrected chi connectivity index (χ3v) is 4.77. The fourth-order valence-electron chi connectivity index (χ4n) is 1.92. The van der Waals surface area contributed by atoms with E-state index in [4.69, 9.17) is 23.2 Å². The van der Waals surface area contributed by atoms with Gasteiger partial charge in [-0.3, -0.25) is 4.79 Å². The first-order chi connectivity index (χ1) is 9.06. The molecule has 0 aliphatic heterocycles. The average Bonchev–Trinajstić information content (AvgIpc) is 2.91. The first kappa shape index (κ1) is 13.2. The molecule has 0 spiro atoms. The molecule has 2 nitrogen and oxygen atoms in total. The normalized spacial score (nSPS) is 11.1. The van der Waals surface area contributed by atoms with Gasteiger partial charge in [0, 0.05) is 27.1 Å². The Morgan fingerprint density at radius 1 is 1.21 bits per heavy atom. The van der Waals surface area contributed by atoms with Crippen LogP contribution in [0.3, 0.4) is 0 Å². The molecule has 0 saturated carbocycles. The lowest BCUT2D eigenvalue weighted by molar-refractivity contribution is 0.104. The third-order valence-electron chi connectivity index (χ3n) is 2.79. The Balaban J connectivity index is 2.16. The van der Waals surface area contributed by atoms with Crippen LogP contribution in [0.1, 0.15) is 15.9 Å². The number of rotatable bonds is 2. The van der Waals surface area contributed by atoms with Crippen molar-refractivity contribution in [3.63, 3.8) is 0 Å². The molecule has 0 radical (unpaired) electrons. The Labute approximate surface area is 131 Å². The van der Waals surface area contributed by atoms with Crippen molar-refractivity contribution in [3.8, 4) is 0 Å². The zero-order chi connectivity index (χ0) is 13.6. The molecule has 0 aliphatic carbocycles. The first-order valence-electron chi connectivity index (χ1n) is 5.32. The van der Waals surface area contributed by atoms with Gasteiger partial charge in [-0.15, -0.1) is 11.3 Å². The molecule has 0 aliphatic rings. The second kappa shape index (κ2) is 4.94. The Morgan fingerprint density at radius 2 is 2.00 bits per heavy atom. The van der Waals surface area contributed by atoms with Gasteiger partial charge in [0.25, 0.3) is 0 Å². The van der Waals surface area contributed by atoms with Gasteiger partial charge in [-0.2, -0.15) is 0 Å². The number of carbonyl (C=O) groups excluding carboxylic acids is 1. The van der Waals surface area contributed by atoms with E-state index in [1.54, 1.807) is 12.3 Å². The molecule has 96 valence electrons. The number of hydrogen-bond donors (Lipinski definition) is 1. The van der Waals surface area contributed by atoms with Gasteiger partial charge < -0.3 is 4.98 Å². The maximum Gasteiger partial charge on any atom is 0.197 e. The molecule has 3 aromatic rings. The summed E-state index contributed by atoms with van der Waals surface area (Å²) in [6.07, 6.45) is 1.70. The highest BCUT2D eigenvalue weighted by Crippen LogP contribution is 2.34. The number of carbonyl (C=O) groups is 1. The van der Waals surface area contributed by atoms with Crippen molar-refractivity contribution in [2.45, 2.75) is 0 Å². The highest BCUT2D eigenvalue weighted by Gasteiger charge is 2.19. The Hall–Kier alpha value is -0.810. The average molecular weight is 375 g/mol. The molecule has 0 bridgehead atoms. The monoisotopic (exact) mass is 373 g/mol. The molecule has 2 heterocycles. The van der Waals surface area contributed by atoms with Gasteiger partial charge in [0.1, 0.15) is 4.34 Å². The van der Waals surface area contributed by atoms with Crippen molar-refractivity contribution in [2.24, 2.45) is 0 Å². The predicted octanol–water partition coefficient (Wildman–Crippen LogP) is 5.53. The van der Waals surface area contributed by atoms with E-state index in [0.29, 0.717) is 19.8 Å². The van der Waals surface area contributed by atoms with E-state index in [1.807, 2.05) is 18.2 Å². The molecule has 0 saturated heterocycles. The van der Waals surface area contributed by atoms with Crippen LogP contribution in [0.2, 0.25) is 8.67 Å². The largest absolute Gasteiger partial charge is 0.360 e. The Bertz CT molecular complexity index is 793. The summed E-state index contributed by atoms with van der Waals surface area (Å²) in [5.74, 6) is -0.127. The summed E-state index contributed by atoms with van der Waals surface area (Å²) in [5.41, 5.74) is 1.94. The molecule has 0 amide bonds. The number of hydrogen-bond acceptors (Lipinski definition) is 2. The van der Waals surface area contributed by atoms with Crippen LogP contribution >= 0.6 is 50.5 Å². The van der Waals surface area contributed by atoms with Crippen molar-refractivity contribution >= 4 is 67.2 Å². The number of thiophene rings is 1. The van der Waals surface area contributed by atoms with Gasteiger partial charge in [-0.25, -0.2) is 0 Å². The van der Waals surface area contributed by atoms with Crippen molar-refractivity contribution < 1.29 is 4.79 Å². The number of benzene rings is 1. The summed E-state index contributed by atoms with van der Waals surface area (Å²) in [4.78, 5) is 15.6. The highest BCUT2D eigenvalue weighted by molar-refractivity contribution is 9.10. The molecule has 0 atom stereocenters. The van der Waals surface area contributed by atoms with E-state index in [-0.39, 0.29) is 5.78 Å². The maximum absolute atomic E-state index is 12.5. The summed E-state index contributed by atoms with van der Waals surface area (Å²) >= 11 is 16.5. The predicted molar refractivity (Wildman–Crippen MR) is 83.8 cm³/mol. The fourth-order valence-corrected chi connectivity index (χ4v) is 3.74. The number of fused-ring (bicyclic) bond motifs is 1. The van der Waals surface area contributed by atoms with Crippen LogP contribution < -0.4 is 0 Å². The lowest BCUT2D eigenvalue weighted by Crippen LogP contribution is -1.98. The van der Waals surface area contributed by atoms with Crippen LogP contribution in [0, 0.1) is 0 Å². The van der Waals surface area contributed by atoms with Crippen LogP contribution in [-0.4, -0.2) is 10.8 Å². The van der Waals surface area contributed by atoms with E-state index in [9.17, 15) is 4.79 Å². The molecule has 0 unspecified atom stereocenters. The van der Waals surface area contributed by atoms with E-state index < -0.39 is 0 Å². The van der Waals surface area contributed by atoms with Crippen LogP contribution in [0.25, 0.3) is 10.9 Å². The van der Waals surface area contributed by atoms with Crippen molar-refractivity contribution in [1.29, 1.82) is 0 Å². The fraction of sp³-hybridized carbons (Fsp3) is 0. The number of nitrogens with one attached hydrogen (secondary N) is 1. The summed E-state index contributed by atoms with van der Waals surface area (Å²) < 4.78 is 1.84.